The normalized spacial score (nSPS) is 30.1. The summed E-state index contributed by atoms with van der Waals surface area (Å²) in [5, 5.41) is 3.75. The molecule has 0 spiro atoms. The number of ketones is 1. The second-order valence-electron chi connectivity index (χ2n) is 8.16. The molecule has 1 saturated carbocycles. The van der Waals surface area contributed by atoms with Crippen molar-refractivity contribution >= 4 is 29.4 Å². The van der Waals surface area contributed by atoms with Gasteiger partial charge in [0, 0.05) is 23.3 Å². The number of carbonyl (C=O) groups is 2. The van der Waals surface area contributed by atoms with Gasteiger partial charge in [-0.05, 0) is 48.2 Å². The van der Waals surface area contributed by atoms with Crippen LogP contribution < -0.4 is 10.1 Å². The van der Waals surface area contributed by atoms with Crippen LogP contribution in [0.15, 0.2) is 54.6 Å². The number of nitrogens with one attached hydrogen (secondary N) is 1. The van der Waals surface area contributed by atoms with Crippen molar-refractivity contribution in [2.24, 2.45) is 11.8 Å². The third-order valence-corrected chi connectivity index (χ3v) is 6.76. The molecule has 2 bridgehead atoms. The van der Waals surface area contributed by atoms with Crippen LogP contribution in [-0.4, -0.2) is 17.4 Å². The molecular formula is C24H22ClNO3. The van der Waals surface area contributed by atoms with Crippen molar-refractivity contribution in [2.45, 2.75) is 37.3 Å². The SMILES string of the molecule is O=C(/C=C/c1ccc(Cl)cc1)C1C(=O)NC23CCCCC2C1c1ccccc1O3. The van der Waals surface area contributed by atoms with Crippen LogP contribution in [0, 0.1) is 11.8 Å². The van der Waals surface area contributed by atoms with Gasteiger partial charge in [0.15, 0.2) is 11.5 Å². The van der Waals surface area contributed by atoms with E-state index in [9.17, 15) is 9.59 Å². The number of benzene rings is 2. The lowest BCUT2D eigenvalue weighted by Crippen LogP contribution is -2.69. The van der Waals surface area contributed by atoms with Crippen molar-refractivity contribution in [2.75, 3.05) is 0 Å². The zero-order chi connectivity index (χ0) is 20.0. The Labute approximate surface area is 174 Å². The van der Waals surface area contributed by atoms with Crippen molar-refractivity contribution in [3.8, 4) is 5.75 Å². The Morgan fingerprint density at radius 3 is 2.76 bits per heavy atom. The number of amides is 1. The van der Waals surface area contributed by atoms with Gasteiger partial charge < -0.3 is 10.1 Å². The molecule has 1 saturated heterocycles. The molecule has 4 unspecified atom stereocenters. The molecule has 1 amide bonds. The van der Waals surface area contributed by atoms with E-state index in [1.165, 1.54) is 6.08 Å². The van der Waals surface area contributed by atoms with E-state index in [4.69, 9.17) is 16.3 Å². The van der Waals surface area contributed by atoms with Crippen LogP contribution in [-0.2, 0) is 9.59 Å². The molecule has 29 heavy (non-hydrogen) atoms. The molecule has 1 aliphatic carbocycles. The van der Waals surface area contributed by atoms with E-state index in [1.807, 2.05) is 36.4 Å². The molecular weight excluding hydrogens is 386 g/mol. The van der Waals surface area contributed by atoms with Crippen LogP contribution in [0.4, 0.5) is 0 Å². The van der Waals surface area contributed by atoms with Crippen LogP contribution in [0.1, 0.15) is 42.7 Å². The summed E-state index contributed by atoms with van der Waals surface area (Å²) < 4.78 is 6.36. The summed E-state index contributed by atoms with van der Waals surface area (Å²) in [5.74, 6) is -0.389. The predicted octanol–water partition coefficient (Wildman–Crippen LogP) is 4.73. The minimum Gasteiger partial charge on any atom is -0.467 e. The van der Waals surface area contributed by atoms with Gasteiger partial charge in [-0.3, -0.25) is 9.59 Å². The molecule has 3 aliphatic rings. The van der Waals surface area contributed by atoms with Crippen LogP contribution in [0.5, 0.6) is 5.75 Å². The summed E-state index contributed by atoms with van der Waals surface area (Å²) in [7, 11) is 0. The number of piperidine rings is 1. The van der Waals surface area contributed by atoms with Crippen molar-refractivity contribution < 1.29 is 14.3 Å². The molecule has 2 aliphatic heterocycles. The van der Waals surface area contributed by atoms with E-state index in [0.29, 0.717) is 5.02 Å². The fourth-order valence-corrected chi connectivity index (χ4v) is 5.36. The first-order valence-electron chi connectivity index (χ1n) is 10.1. The lowest BCUT2D eigenvalue weighted by Gasteiger charge is -2.56. The average molecular weight is 408 g/mol. The first kappa shape index (κ1) is 18.4. The number of rotatable bonds is 3. The number of fused-ring (bicyclic) bond motifs is 2. The number of ether oxygens (including phenoxy) is 1. The standard InChI is InChI=1S/C24H22ClNO3/c25-16-11-8-15(9-12-16)10-13-19(27)22-21-17-5-1-2-7-20(17)29-24(26-23(22)28)14-4-3-6-18(21)24/h1-2,5,7-13,18,21-22H,3-4,6,14H2,(H,26,28)/b13-10+. The number of halogens is 1. The Morgan fingerprint density at radius 1 is 1.14 bits per heavy atom. The molecule has 1 N–H and O–H groups in total. The summed E-state index contributed by atoms with van der Waals surface area (Å²) in [6.07, 6.45) is 7.12. The highest BCUT2D eigenvalue weighted by Crippen LogP contribution is 2.55. The van der Waals surface area contributed by atoms with E-state index in [0.717, 1.165) is 42.6 Å². The van der Waals surface area contributed by atoms with Crippen LogP contribution in [0.3, 0.4) is 0 Å². The van der Waals surface area contributed by atoms with Crippen LogP contribution in [0.2, 0.25) is 5.02 Å². The van der Waals surface area contributed by atoms with Crippen molar-refractivity contribution in [3.63, 3.8) is 0 Å². The molecule has 2 aromatic rings. The van der Waals surface area contributed by atoms with Crippen molar-refractivity contribution in [3.05, 3.63) is 70.8 Å². The molecule has 0 radical (unpaired) electrons. The minimum absolute atomic E-state index is 0.113. The number of hydrogen-bond donors (Lipinski definition) is 1. The molecule has 2 heterocycles. The van der Waals surface area contributed by atoms with Crippen LogP contribution in [0.25, 0.3) is 6.08 Å². The van der Waals surface area contributed by atoms with Crippen molar-refractivity contribution in [1.29, 1.82) is 0 Å². The zero-order valence-corrected chi connectivity index (χ0v) is 16.7. The third-order valence-electron chi connectivity index (χ3n) is 6.51. The van der Waals surface area contributed by atoms with Gasteiger partial charge in [0.25, 0.3) is 0 Å². The smallest absolute Gasteiger partial charge is 0.234 e. The average Bonchev–Trinajstić information content (AvgIpc) is 2.72. The fraction of sp³-hybridized carbons (Fsp3) is 0.333. The summed E-state index contributed by atoms with van der Waals surface area (Å²) in [4.78, 5) is 26.3. The summed E-state index contributed by atoms with van der Waals surface area (Å²) in [5.41, 5.74) is 1.17. The number of para-hydroxylation sites is 1. The van der Waals surface area contributed by atoms with Gasteiger partial charge in [-0.25, -0.2) is 0 Å². The van der Waals surface area contributed by atoms with Gasteiger partial charge in [-0.1, -0.05) is 54.4 Å². The number of hydrogen-bond acceptors (Lipinski definition) is 3. The third kappa shape index (κ3) is 3.06. The number of allylic oxidation sites excluding steroid dienone is 1. The first-order chi connectivity index (χ1) is 14.1. The van der Waals surface area contributed by atoms with Crippen LogP contribution >= 0.6 is 11.6 Å². The molecule has 5 heteroatoms. The monoisotopic (exact) mass is 407 g/mol. The Morgan fingerprint density at radius 2 is 1.93 bits per heavy atom. The molecule has 5 rings (SSSR count). The lowest BCUT2D eigenvalue weighted by atomic mass is 9.61. The molecule has 0 aromatic heterocycles. The van der Waals surface area contributed by atoms with E-state index in [2.05, 4.69) is 5.32 Å². The summed E-state index contributed by atoms with van der Waals surface area (Å²) >= 11 is 5.93. The highest BCUT2D eigenvalue weighted by atomic mass is 35.5. The second-order valence-corrected chi connectivity index (χ2v) is 8.60. The van der Waals surface area contributed by atoms with Gasteiger partial charge in [-0.2, -0.15) is 0 Å². The maximum atomic E-state index is 13.2. The van der Waals surface area contributed by atoms with E-state index < -0.39 is 11.6 Å². The second kappa shape index (κ2) is 7.03. The van der Waals surface area contributed by atoms with Gasteiger partial charge >= 0.3 is 0 Å². The molecule has 2 aromatic carbocycles. The summed E-state index contributed by atoms with van der Waals surface area (Å²) in [6, 6.07) is 15.1. The molecule has 2 fully saturated rings. The lowest BCUT2D eigenvalue weighted by molar-refractivity contribution is -0.160. The molecule has 4 nitrogen and oxygen atoms in total. The fourth-order valence-electron chi connectivity index (χ4n) is 5.23. The van der Waals surface area contributed by atoms with E-state index in [-0.39, 0.29) is 23.5 Å². The topological polar surface area (TPSA) is 55.4 Å². The largest absolute Gasteiger partial charge is 0.467 e. The van der Waals surface area contributed by atoms with Gasteiger partial charge in [0.1, 0.15) is 11.7 Å². The van der Waals surface area contributed by atoms with Crippen molar-refractivity contribution in [1.82, 2.24) is 5.32 Å². The predicted molar refractivity (Wildman–Crippen MR) is 112 cm³/mol. The Balaban J connectivity index is 1.52. The summed E-state index contributed by atoms with van der Waals surface area (Å²) in [6.45, 7) is 0. The van der Waals surface area contributed by atoms with Gasteiger partial charge in [0.05, 0.1) is 0 Å². The van der Waals surface area contributed by atoms with E-state index >= 15 is 0 Å². The molecule has 4 atom stereocenters. The maximum Gasteiger partial charge on any atom is 0.234 e. The minimum atomic E-state index is -0.736. The Hall–Kier alpha value is -2.59. The Kier molecular flexibility index (Phi) is 4.47. The highest BCUT2D eigenvalue weighted by molar-refractivity contribution is 6.30. The first-order valence-corrected chi connectivity index (χ1v) is 10.5. The van der Waals surface area contributed by atoms with E-state index in [1.54, 1.807) is 18.2 Å². The quantitative estimate of drug-likeness (QED) is 0.591. The zero-order valence-electron chi connectivity index (χ0n) is 15.9. The van der Waals surface area contributed by atoms with Gasteiger partial charge in [0.2, 0.25) is 5.91 Å². The maximum absolute atomic E-state index is 13.2. The molecule has 148 valence electrons. The van der Waals surface area contributed by atoms with Gasteiger partial charge in [-0.15, -0.1) is 0 Å². The Bertz CT molecular complexity index is 999. The highest BCUT2D eigenvalue weighted by Gasteiger charge is 2.60. The number of carbonyl (C=O) groups excluding carboxylic acids is 2.